The predicted octanol–water partition coefficient (Wildman–Crippen LogP) is 0.764. The van der Waals surface area contributed by atoms with E-state index in [1.54, 1.807) is 7.05 Å². The molecule has 6 nitrogen and oxygen atoms in total. The van der Waals surface area contributed by atoms with Crippen molar-refractivity contribution in [2.45, 2.75) is 45.7 Å². The van der Waals surface area contributed by atoms with Gasteiger partial charge in [0.25, 0.3) is 0 Å². The van der Waals surface area contributed by atoms with Gasteiger partial charge in [0.15, 0.2) is 5.96 Å². The highest BCUT2D eigenvalue weighted by Gasteiger charge is 2.38. The highest BCUT2D eigenvalue weighted by atomic mass is 127. The topological polar surface area (TPSA) is 82.7 Å². The maximum atomic E-state index is 11.4. The lowest BCUT2D eigenvalue weighted by Gasteiger charge is -2.25. The van der Waals surface area contributed by atoms with Crippen LogP contribution in [0.1, 0.15) is 33.6 Å². The van der Waals surface area contributed by atoms with E-state index in [1.165, 1.54) is 12.8 Å². The Hall–Kier alpha value is -0.570. The van der Waals surface area contributed by atoms with Gasteiger partial charge < -0.3 is 16.4 Å². The molecule has 2 unspecified atom stereocenters. The fraction of sp³-hybridized carbons (Fsp3) is 0.867. The molecule has 0 aromatic heterocycles. The first-order valence-corrected chi connectivity index (χ1v) is 7.84. The van der Waals surface area contributed by atoms with E-state index >= 15 is 0 Å². The molecule has 1 saturated carbocycles. The summed E-state index contributed by atoms with van der Waals surface area (Å²) in [6.45, 7) is 8.67. The molecule has 4 N–H and O–H groups in total. The summed E-state index contributed by atoms with van der Waals surface area (Å²) in [4.78, 5) is 18.2. The monoisotopic (exact) mass is 423 g/mol. The number of primary amides is 1. The smallest absolute Gasteiger partial charge is 0.224 e. The normalized spacial score (nSPS) is 26.5. The summed E-state index contributed by atoms with van der Waals surface area (Å²) in [5, 5.41) is 6.70. The fourth-order valence-corrected chi connectivity index (χ4v) is 2.69. The standard InChI is InChI=1S/C15H29N5O.HI/c1-10-7-20(11-5-6-11)8-12(10)19-14(17-4)18-9-15(2,3)13(16)21;/h10-12H,5-9H2,1-4H3,(H2,16,21)(H2,17,18,19);1H. The summed E-state index contributed by atoms with van der Waals surface area (Å²) in [7, 11) is 1.75. The molecular weight excluding hydrogens is 393 g/mol. The summed E-state index contributed by atoms with van der Waals surface area (Å²) in [5.74, 6) is 1.05. The van der Waals surface area contributed by atoms with Gasteiger partial charge in [-0.2, -0.15) is 0 Å². The second kappa shape index (κ2) is 7.81. The Labute approximate surface area is 150 Å². The number of amides is 1. The molecule has 2 fully saturated rings. The van der Waals surface area contributed by atoms with Crippen LogP contribution in [0.5, 0.6) is 0 Å². The number of hydrogen-bond donors (Lipinski definition) is 3. The van der Waals surface area contributed by atoms with Gasteiger partial charge in [-0.05, 0) is 32.6 Å². The van der Waals surface area contributed by atoms with Crippen molar-refractivity contribution >= 4 is 35.8 Å². The quantitative estimate of drug-likeness (QED) is 0.347. The number of hydrogen-bond acceptors (Lipinski definition) is 3. The van der Waals surface area contributed by atoms with E-state index in [-0.39, 0.29) is 29.9 Å². The fourth-order valence-electron chi connectivity index (χ4n) is 2.69. The van der Waals surface area contributed by atoms with Gasteiger partial charge in [0.1, 0.15) is 0 Å². The van der Waals surface area contributed by atoms with E-state index in [9.17, 15) is 4.79 Å². The van der Waals surface area contributed by atoms with Crippen molar-refractivity contribution in [1.82, 2.24) is 15.5 Å². The van der Waals surface area contributed by atoms with Crippen LogP contribution in [0.4, 0.5) is 0 Å². The molecule has 2 rings (SSSR count). The van der Waals surface area contributed by atoms with Crippen LogP contribution < -0.4 is 16.4 Å². The van der Waals surface area contributed by atoms with Crippen LogP contribution in [-0.2, 0) is 4.79 Å². The molecule has 0 aromatic rings. The van der Waals surface area contributed by atoms with Crippen molar-refractivity contribution in [3.05, 3.63) is 0 Å². The molecule has 0 aromatic carbocycles. The lowest BCUT2D eigenvalue weighted by atomic mass is 9.93. The molecule has 1 saturated heterocycles. The molecule has 0 spiro atoms. The average molecular weight is 423 g/mol. The molecule has 1 aliphatic carbocycles. The number of aliphatic imine (C=N–C) groups is 1. The van der Waals surface area contributed by atoms with Crippen molar-refractivity contribution in [2.24, 2.45) is 22.1 Å². The second-order valence-corrected chi connectivity index (χ2v) is 7.09. The van der Waals surface area contributed by atoms with Crippen LogP contribution in [-0.4, -0.2) is 55.5 Å². The Morgan fingerprint density at radius 1 is 1.36 bits per heavy atom. The van der Waals surface area contributed by atoms with Gasteiger partial charge in [0, 0.05) is 38.8 Å². The molecule has 2 aliphatic rings. The van der Waals surface area contributed by atoms with Gasteiger partial charge in [-0.15, -0.1) is 24.0 Å². The Morgan fingerprint density at radius 3 is 2.50 bits per heavy atom. The van der Waals surface area contributed by atoms with Gasteiger partial charge in [-0.3, -0.25) is 14.7 Å². The average Bonchev–Trinajstić information content (AvgIpc) is 3.20. The molecule has 0 radical (unpaired) electrons. The van der Waals surface area contributed by atoms with E-state index in [1.807, 2.05) is 13.8 Å². The molecule has 1 aliphatic heterocycles. The minimum Gasteiger partial charge on any atom is -0.369 e. The highest BCUT2D eigenvalue weighted by Crippen LogP contribution is 2.31. The number of nitrogens with one attached hydrogen (secondary N) is 2. The second-order valence-electron chi connectivity index (χ2n) is 7.09. The Morgan fingerprint density at radius 2 is 2.00 bits per heavy atom. The third-order valence-corrected chi connectivity index (χ3v) is 4.61. The Kier molecular flexibility index (Phi) is 6.91. The maximum Gasteiger partial charge on any atom is 0.224 e. The van der Waals surface area contributed by atoms with Crippen LogP contribution in [0.15, 0.2) is 4.99 Å². The predicted molar refractivity (Wildman–Crippen MR) is 100 cm³/mol. The molecule has 2 atom stereocenters. The highest BCUT2D eigenvalue weighted by molar-refractivity contribution is 14.0. The number of guanidine groups is 1. The summed E-state index contributed by atoms with van der Waals surface area (Å²) in [5.41, 5.74) is 4.81. The number of rotatable bonds is 5. The molecular formula is C15H30IN5O. The zero-order valence-corrected chi connectivity index (χ0v) is 16.4. The van der Waals surface area contributed by atoms with Crippen LogP contribution in [0, 0.1) is 11.3 Å². The summed E-state index contributed by atoms with van der Waals surface area (Å²) < 4.78 is 0. The number of halogens is 1. The van der Waals surface area contributed by atoms with E-state index in [2.05, 4.69) is 27.4 Å². The minimum atomic E-state index is -0.584. The molecule has 1 heterocycles. The molecule has 1 amide bonds. The van der Waals surface area contributed by atoms with Crippen molar-refractivity contribution < 1.29 is 4.79 Å². The lowest BCUT2D eigenvalue weighted by Crippen LogP contribution is -2.50. The zero-order chi connectivity index (χ0) is 15.6. The Balaban J connectivity index is 0.00000242. The maximum absolute atomic E-state index is 11.4. The first kappa shape index (κ1) is 19.5. The minimum absolute atomic E-state index is 0. The largest absolute Gasteiger partial charge is 0.369 e. The van der Waals surface area contributed by atoms with Crippen LogP contribution in [0.3, 0.4) is 0 Å². The van der Waals surface area contributed by atoms with E-state index in [0.717, 1.165) is 25.1 Å². The first-order chi connectivity index (χ1) is 9.83. The van der Waals surface area contributed by atoms with Crippen molar-refractivity contribution in [3.8, 4) is 0 Å². The van der Waals surface area contributed by atoms with E-state index in [0.29, 0.717) is 18.5 Å². The molecule has 22 heavy (non-hydrogen) atoms. The Bertz CT molecular complexity index is 422. The van der Waals surface area contributed by atoms with E-state index in [4.69, 9.17) is 5.73 Å². The number of nitrogens with two attached hydrogens (primary N) is 1. The summed E-state index contributed by atoms with van der Waals surface area (Å²) in [6, 6.07) is 1.22. The van der Waals surface area contributed by atoms with Crippen LogP contribution in [0.2, 0.25) is 0 Å². The van der Waals surface area contributed by atoms with Crippen molar-refractivity contribution in [2.75, 3.05) is 26.7 Å². The number of carbonyl (C=O) groups is 1. The molecule has 7 heteroatoms. The van der Waals surface area contributed by atoms with Gasteiger partial charge in [0.2, 0.25) is 5.91 Å². The molecule has 128 valence electrons. The van der Waals surface area contributed by atoms with Gasteiger partial charge in [-0.1, -0.05) is 6.92 Å². The van der Waals surface area contributed by atoms with E-state index < -0.39 is 5.41 Å². The third kappa shape index (κ3) is 4.97. The van der Waals surface area contributed by atoms with Gasteiger partial charge in [-0.25, -0.2) is 0 Å². The number of nitrogens with zero attached hydrogens (tertiary/aromatic N) is 2. The summed E-state index contributed by atoms with van der Waals surface area (Å²) >= 11 is 0. The van der Waals surface area contributed by atoms with Gasteiger partial charge >= 0.3 is 0 Å². The van der Waals surface area contributed by atoms with Gasteiger partial charge in [0.05, 0.1) is 5.41 Å². The molecule has 0 bridgehead atoms. The van der Waals surface area contributed by atoms with Crippen molar-refractivity contribution in [1.29, 1.82) is 0 Å². The van der Waals surface area contributed by atoms with Crippen molar-refractivity contribution in [3.63, 3.8) is 0 Å². The first-order valence-electron chi connectivity index (χ1n) is 7.84. The van der Waals surface area contributed by atoms with Crippen LogP contribution in [0.25, 0.3) is 0 Å². The number of likely N-dealkylation sites (tertiary alicyclic amines) is 1. The SMILES string of the molecule is CN=C(NCC(C)(C)C(N)=O)NC1CN(C2CC2)CC1C.I. The van der Waals surface area contributed by atoms with Crippen LogP contribution >= 0.6 is 24.0 Å². The third-order valence-electron chi connectivity index (χ3n) is 4.61. The lowest BCUT2D eigenvalue weighted by molar-refractivity contribution is -0.125. The number of carbonyl (C=O) groups excluding carboxylic acids is 1. The summed E-state index contributed by atoms with van der Waals surface area (Å²) in [6.07, 6.45) is 2.69. The zero-order valence-electron chi connectivity index (χ0n) is 14.1.